The Balaban J connectivity index is 2.02. The average Bonchev–Trinajstić information content (AvgIpc) is 3.05. The zero-order chi connectivity index (χ0) is 17.5. The molecule has 130 valence electrons. The predicted molar refractivity (Wildman–Crippen MR) is 86.9 cm³/mol. The van der Waals surface area contributed by atoms with Crippen LogP contribution in [-0.4, -0.2) is 33.3 Å². The molecule has 1 heterocycles. The van der Waals surface area contributed by atoms with Crippen molar-refractivity contribution in [2.24, 2.45) is 0 Å². The average molecular weight is 338 g/mol. The molecule has 0 spiro atoms. The molecule has 0 bridgehead atoms. The zero-order valence-corrected chi connectivity index (χ0v) is 13.2. The number of hydrogen-bond acceptors (Lipinski definition) is 3. The zero-order valence-electron chi connectivity index (χ0n) is 13.2. The summed E-state index contributed by atoms with van der Waals surface area (Å²) in [6, 6.07) is 5.98. The number of aromatic nitrogens is 2. The Hall–Kier alpha value is -2.48. The molecule has 24 heavy (non-hydrogen) atoms. The van der Waals surface area contributed by atoms with Gasteiger partial charge in [0, 0.05) is 36.3 Å². The molecule has 0 aliphatic carbocycles. The number of imidazole rings is 1. The largest absolute Gasteiger partial charge is 0.396 e. The number of aliphatic hydroxyl groups is 1. The molecule has 0 saturated heterocycles. The molecular formula is C16H20F2N4O2. The van der Waals surface area contributed by atoms with Gasteiger partial charge in [-0.3, -0.25) is 4.57 Å². The Morgan fingerprint density at radius 2 is 2.04 bits per heavy atom. The molecule has 6 nitrogen and oxygen atoms in total. The number of alkyl halides is 2. The van der Waals surface area contributed by atoms with Gasteiger partial charge in [0.25, 0.3) is 0 Å². The molecule has 2 aromatic rings. The SMILES string of the molecule is CC[C@@H](CCO)NC(=O)Nc1ccc(-c2nccn2C(F)F)cc1. The van der Waals surface area contributed by atoms with E-state index in [9.17, 15) is 13.6 Å². The van der Waals surface area contributed by atoms with Crippen molar-refractivity contribution in [3.05, 3.63) is 36.7 Å². The molecule has 0 aliphatic rings. The number of urea groups is 1. The van der Waals surface area contributed by atoms with Crippen molar-refractivity contribution >= 4 is 11.7 Å². The maximum atomic E-state index is 12.9. The van der Waals surface area contributed by atoms with E-state index < -0.39 is 6.55 Å². The van der Waals surface area contributed by atoms with E-state index in [4.69, 9.17) is 5.11 Å². The lowest BCUT2D eigenvalue weighted by atomic mass is 10.1. The Labute approximate surface area is 138 Å². The van der Waals surface area contributed by atoms with Gasteiger partial charge in [-0.15, -0.1) is 0 Å². The molecule has 1 atom stereocenters. The standard InChI is InChI=1S/C16H20F2N4O2/c1-2-12(7-10-23)20-16(24)21-13-5-3-11(4-6-13)14-19-8-9-22(14)15(17)18/h3-6,8-9,12,15,23H,2,7,10H2,1H3,(H2,20,21,24)/t12-/m0/s1. The van der Waals surface area contributed by atoms with Gasteiger partial charge in [0.05, 0.1) is 0 Å². The third-order valence-corrected chi connectivity index (χ3v) is 3.59. The van der Waals surface area contributed by atoms with Gasteiger partial charge >= 0.3 is 12.6 Å². The second-order valence-electron chi connectivity index (χ2n) is 5.23. The van der Waals surface area contributed by atoms with Gasteiger partial charge in [-0.05, 0) is 37.1 Å². The fourth-order valence-electron chi connectivity index (χ4n) is 2.28. The highest BCUT2D eigenvalue weighted by Gasteiger charge is 2.13. The number of anilines is 1. The number of benzene rings is 1. The summed E-state index contributed by atoms with van der Waals surface area (Å²) in [5.41, 5.74) is 1.06. The number of amides is 2. The highest BCUT2D eigenvalue weighted by molar-refractivity contribution is 5.89. The Kier molecular flexibility index (Phi) is 6.25. The van der Waals surface area contributed by atoms with Crippen LogP contribution in [-0.2, 0) is 0 Å². The first-order valence-corrected chi connectivity index (χ1v) is 7.65. The second kappa shape index (κ2) is 8.39. The Bertz CT molecular complexity index is 658. The van der Waals surface area contributed by atoms with Crippen LogP contribution in [0.25, 0.3) is 11.4 Å². The fourth-order valence-corrected chi connectivity index (χ4v) is 2.28. The molecular weight excluding hydrogens is 318 g/mol. The number of carbonyl (C=O) groups excluding carboxylic acids is 1. The number of hydrogen-bond donors (Lipinski definition) is 3. The van der Waals surface area contributed by atoms with Gasteiger partial charge in [0.15, 0.2) is 0 Å². The minimum absolute atomic E-state index is 0.00423. The minimum atomic E-state index is -2.66. The number of aliphatic hydroxyl groups excluding tert-OH is 1. The number of nitrogens with one attached hydrogen (secondary N) is 2. The number of rotatable bonds is 7. The van der Waals surface area contributed by atoms with Crippen LogP contribution in [0.4, 0.5) is 19.3 Å². The first-order valence-electron chi connectivity index (χ1n) is 7.65. The normalized spacial score (nSPS) is 12.2. The highest BCUT2D eigenvalue weighted by Crippen LogP contribution is 2.24. The Morgan fingerprint density at radius 3 is 2.62 bits per heavy atom. The molecule has 3 N–H and O–H groups in total. The number of halogens is 2. The predicted octanol–water partition coefficient (Wildman–Crippen LogP) is 3.23. The first kappa shape index (κ1) is 17.9. The summed E-state index contributed by atoms with van der Waals surface area (Å²) in [6.45, 7) is -0.742. The molecule has 1 aromatic heterocycles. The molecule has 1 aromatic carbocycles. The van der Waals surface area contributed by atoms with Crippen molar-refractivity contribution < 1.29 is 18.7 Å². The first-order chi connectivity index (χ1) is 11.5. The molecule has 0 aliphatic heterocycles. The van der Waals surface area contributed by atoms with Crippen LogP contribution in [0.2, 0.25) is 0 Å². The molecule has 0 radical (unpaired) electrons. The van der Waals surface area contributed by atoms with E-state index in [0.29, 0.717) is 24.1 Å². The maximum Gasteiger partial charge on any atom is 0.320 e. The van der Waals surface area contributed by atoms with Crippen LogP contribution in [0.5, 0.6) is 0 Å². The fraction of sp³-hybridized carbons (Fsp3) is 0.375. The second-order valence-corrected chi connectivity index (χ2v) is 5.23. The minimum Gasteiger partial charge on any atom is -0.396 e. The van der Waals surface area contributed by atoms with Crippen molar-refractivity contribution in [1.29, 1.82) is 0 Å². The van der Waals surface area contributed by atoms with Crippen LogP contribution in [0.3, 0.4) is 0 Å². The molecule has 8 heteroatoms. The summed E-state index contributed by atoms with van der Waals surface area (Å²) in [5.74, 6) is 0.162. The van der Waals surface area contributed by atoms with Crippen molar-refractivity contribution in [2.45, 2.75) is 32.4 Å². The van der Waals surface area contributed by atoms with E-state index in [1.807, 2.05) is 6.92 Å². The summed E-state index contributed by atoms with van der Waals surface area (Å²) >= 11 is 0. The van der Waals surface area contributed by atoms with Gasteiger partial charge in [0.1, 0.15) is 5.82 Å². The van der Waals surface area contributed by atoms with Gasteiger partial charge in [-0.25, -0.2) is 9.78 Å². The lowest BCUT2D eigenvalue weighted by Crippen LogP contribution is -2.38. The summed E-state index contributed by atoms with van der Waals surface area (Å²) in [4.78, 5) is 15.8. The third-order valence-electron chi connectivity index (χ3n) is 3.59. The smallest absolute Gasteiger partial charge is 0.320 e. The molecule has 0 fully saturated rings. The van der Waals surface area contributed by atoms with Crippen molar-refractivity contribution in [1.82, 2.24) is 14.9 Å². The molecule has 0 unspecified atom stereocenters. The van der Waals surface area contributed by atoms with Gasteiger partial charge < -0.3 is 15.7 Å². The van der Waals surface area contributed by atoms with E-state index in [1.165, 1.54) is 12.4 Å². The van der Waals surface area contributed by atoms with Crippen LogP contribution in [0.1, 0.15) is 26.3 Å². The van der Waals surface area contributed by atoms with Gasteiger partial charge in [-0.2, -0.15) is 8.78 Å². The van der Waals surface area contributed by atoms with Gasteiger partial charge in [0.2, 0.25) is 0 Å². The van der Waals surface area contributed by atoms with Crippen LogP contribution in [0.15, 0.2) is 36.7 Å². The van der Waals surface area contributed by atoms with Crippen LogP contribution >= 0.6 is 0 Å². The van der Waals surface area contributed by atoms with E-state index in [0.717, 1.165) is 4.57 Å². The topological polar surface area (TPSA) is 79.2 Å². The molecule has 2 amide bonds. The summed E-state index contributed by atoms with van der Waals surface area (Å²) in [5, 5.41) is 14.3. The van der Waals surface area contributed by atoms with Crippen molar-refractivity contribution in [2.75, 3.05) is 11.9 Å². The number of carbonyl (C=O) groups is 1. The Morgan fingerprint density at radius 1 is 1.33 bits per heavy atom. The van der Waals surface area contributed by atoms with Crippen molar-refractivity contribution in [3.8, 4) is 11.4 Å². The van der Waals surface area contributed by atoms with Crippen LogP contribution in [0, 0.1) is 0 Å². The van der Waals surface area contributed by atoms with Gasteiger partial charge in [-0.1, -0.05) is 6.92 Å². The van der Waals surface area contributed by atoms with Crippen molar-refractivity contribution in [3.63, 3.8) is 0 Å². The maximum absolute atomic E-state index is 12.9. The lowest BCUT2D eigenvalue weighted by molar-refractivity contribution is 0.0720. The van der Waals surface area contributed by atoms with E-state index in [-0.39, 0.29) is 24.5 Å². The molecule has 2 rings (SSSR count). The van der Waals surface area contributed by atoms with Crippen LogP contribution < -0.4 is 10.6 Å². The van der Waals surface area contributed by atoms with E-state index in [2.05, 4.69) is 15.6 Å². The highest BCUT2D eigenvalue weighted by atomic mass is 19.3. The monoisotopic (exact) mass is 338 g/mol. The summed E-state index contributed by atoms with van der Waals surface area (Å²) in [7, 11) is 0. The van der Waals surface area contributed by atoms with E-state index in [1.54, 1.807) is 24.3 Å². The quantitative estimate of drug-likeness (QED) is 0.725. The summed E-state index contributed by atoms with van der Waals surface area (Å²) < 4.78 is 26.5. The lowest BCUT2D eigenvalue weighted by Gasteiger charge is -2.16. The van der Waals surface area contributed by atoms with E-state index >= 15 is 0 Å². The number of nitrogens with zero attached hydrogens (tertiary/aromatic N) is 2. The summed E-state index contributed by atoms with van der Waals surface area (Å²) in [6.07, 6.45) is 3.72. The molecule has 0 saturated carbocycles. The third kappa shape index (κ3) is 4.51.